The quantitative estimate of drug-likeness (QED) is 0.775. The fourth-order valence-electron chi connectivity index (χ4n) is 3.07. The zero-order chi connectivity index (χ0) is 16.5. The van der Waals surface area contributed by atoms with E-state index in [2.05, 4.69) is 32.8 Å². The highest BCUT2D eigenvalue weighted by atomic mass is 16.2. The lowest BCUT2D eigenvalue weighted by Crippen LogP contribution is -2.25. The topological polar surface area (TPSA) is 71.8 Å². The molecule has 1 atom stereocenters. The Balaban J connectivity index is 1.62. The molecule has 3 aromatic rings. The van der Waals surface area contributed by atoms with E-state index in [4.69, 9.17) is 0 Å². The minimum atomic E-state index is 0.0317. The highest BCUT2D eigenvalue weighted by molar-refractivity contribution is 5.95. The van der Waals surface area contributed by atoms with Gasteiger partial charge in [-0.2, -0.15) is 5.10 Å². The van der Waals surface area contributed by atoms with Crippen LogP contribution in [0.15, 0.2) is 42.9 Å². The second-order valence-electron chi connectivity index (χ2n) is 6.21. The van der Waals surface area contributed by atoms with Gasteiger partial charge in [0.2, 0.25) is 5.91 Å². The Labute approximate surface area is 139 Å². The molecule has 2 aromatic heterocycles. The average Bonchev–Trinajstić information content (AvgIpc) is 3.25. The number of nitrogens with zero attached hydrogens (tertiary/aromatic N) is 3. The molecule has 0 spiro atoms. The van der Waals surface area contributed by atoms with Crippen molar-refractivity contribution in [3.63, 3.8) is 0 Å². The summed E-state index contributed by atoms with van der Waals surface area (Å²) in [5.41, 5.74) is 2.16. The lowest BCUT2D eigenvalue weighted by molar-refractivity contribution is -0.119. The van der Waals surface area contributed by atoms with Crippen molar-refractivity contribution in [3.05, 3.63) is 42.9 Å². The van der Waals surface area contributed by atoms with Gasteiger partial charge in [0.25, 0.3) is 0 Å². The van der Waals surface area contributed by atoms with Gasteiger partial charge in [0, 0.05) is 36.9 Å². The van der Waals surface area contributed by atoms with Crippen LogP contribution in [0.25, 0.3) is 21.9 Å². The summed E-state index contributed by atoms with van der Waals surface area (Å²) in [6.07, 6.45) is 6.51. The molecule has 0 bridgehead atoms. The number of carbonyl (C=O) groups is 1. The van der Waals surface area contributed by atoms with Gasteiger partial charge in [0.15, 0.2) is 0 Å². The van der Waals surface area contributed by atoms with Crippen LogP contribution in [-0.4, -0.2) is 33.8 Å². The highest BCUT2D eigenvalue weighted by Crippen LogP contribution is 2.25. The third-order valence-electron chi connectivity index (χ3n) is 4.44. The van der Waals surface area contributed by atoms with E-state index >= 15 is 0 Å². The Hall–Kier alpha value is -2.73. The summed E-state index contributed by atoms with van der Waals surface area (Å²) in [4.78, 5) is 16.6. The zero-order valence-electron chi connectivity index (χ0n) is 13.5. The third kappa shape index (κ3) is 2.88. The number of hydrogen-bond donors (Lipinski definition) is 2. The molecule has 1 unspecified atom stereocenters. The minimum absolute atomic E-state index is 0.0317. The van der Waals surface area contributed by atoms with Crippen molar-refractivity contribution in [1.29, 1.82) is 0 Å². The molecular formula is C18H19N5O. The molecule has 1 aromatic carbocycles. The Kier molecular flexibility index (Phi) is 3.74. The number of nitrogens with one attached hydrogen (secondary N) is 2. The maximum Gasteiger partial charge on any atom is 0.229 e. The normalized spacial score (nSPS) is 17.3. The first-order chi connectivity index (χ1) is 11.7. The minimum Gasteiger partial charge on any atom is -0.316 e. The number of carbonyl (C=O) groups excluding carboxylic acids is 1. The van der Waals surface area contributed by atoms with E-state index < -0.39 is 0 Å². The third-order valence-corrected chi connectivity index (χ3v) is 4.44. The van der Waals surface area contributed by atoms with Crippen molar-refractivity contribution in [1.82, 2.24) is 20.1 Å². The molecule has 1 saturated heterocycles. The van der Waals surface area contributed by atoms with Crippen molar-refractivity contribution in [2.24, 2.45) is 13.0 Å². The number of rotatable bonds is 3. The molecule has 3 heterocycles. The van der Waals surface area contributed by atoms with E-state index in [-0.39, 0.29) is 11.8 Å². The van der Waals surface area contributed by atoms with E-state index in [1.807, 2.05) is 31.6 Å². The first-order valence-corrected chi connectivity index (χ1v) is 8.09. The molecule has 6 nitrogen and oxygen atoms in total. The van der Waals surface area contributed by atoms with Gasteiger partial charge in [0.1, 0.15) is 5.82 Å². The molecule has 6 heteroatoms. The summed E-state index contributed by atoms with van der Waals surface area (Å²) >= 11 is 0. The van der Waals surface area contributed by atoms with Crippen LogP contribution >= 0.6 is 0 Å². The second kappa shape index (κ2) is 6.05. The van der Waals surface area contributed by atoms with Gasteiger partial charge >= 0.3 is 0 Å². The van der Waals surface area contributed by atoms with E-state index in [0.29, 0.717) is 5.82 Å². The van der Waals surface area contributed by atoms with Crippen LogP contribution in [0.2, 0.25) is 0 Å². The van der Waals surface area contributed by atoms with Crippen LogP contribution in [-0.2, 0) is 11.8 Å². The van der Waals surface area contributed by atoms with Crippen LogP contribution < -0.4 is 10.6 Å². The molecule has 0 radical (unpaired) electrons. The number of benzene rings is 1. The second-order valence-corrected chi connectivity index (χ2v) is 6.21. The first-order valence-electron chi connectivity index (χ1n) is 8.09. The standard InChI is InChI=1S/C18H19N5O/c1-23-11-16(10-21-23)12-2-3-13-9-20-17(7-15(13)6-12)22-18(24)14-4-5-19-8-14/h2-3,6-7,9-11,14,19H,4-5,8H2,1H3,(H,20,22,24). The van der Waals surface area contributed by atoms with E-state index in [1.54, 1.807) is 10.9 Å². The van der Waals surface area contributed by atoms with Crippen LogP contribution in [0, 0.1) is 5.92 Å². The number of anilines is 1. The van der Waals surface area contributed by atoms with E-state index in [0.717, 1.165) is 41.4 Å². The SMILES string of the molecule is Cn1cc(-c2ccc3cnc(NC(=O)C4CCNC4)cc3c2)cn1. The van der Waals surface area contributed by atoms with E-state index in [9.17, 15) is 4.79 Å². The molecular weight excluding hydrogens is 302 g/mol. The molecule has 4 rings (SSSR count). The molecule has 122 valence electrons. The lowest BCUT2D eigenvalue weighted by Gasteiger charge is -2.10. The summed E-state index contributed by atoms with van der Waals surface area (Å²) in [5.74, 6) is 0.669. The Bertz CT molecular complexity index is 895. The first kappa shape index (κ1) is 14.8. The molecule has 0 aliphatic carbocycles. The molecule has 24 heavy (non-hydrogen) atoms. The lowest BCUT2D eigenvalue weighted by atomic mass is 10.0. The number of hydrogen-bond acceptors (Lipinski definition) is 4. The molecule has 2 N–H and O–H groups in total. The maximum atomic E-state index is 12.2. The summed E-state index contributed by atoms with van der Waals surface area (Å²) in [6, 6.07) is 8.12. The van der Waals surface area contributed by atoms with Crippen LogP contribution in [0.3, 0.4) is 0 Å². The van der Waals surface area contributed by atoms with Crippen molar-refractivity contribution < 1.29 is 4.79 Å². The van der Waals surface area contributed by atoms with Gasteiger partial charge in [-0.15, -0.1) is 0 Å². The van der Waals surface area contributed by atoms with Gasteiger partial charge in [-0.25, -0.2) is 4.98 Å². The number of fused-ring (bicyclic) bond motifs is 1. The van der Waals surface area contributed by atoms with Crippen LogP contribution in [0.5, 0.6) is 0 Å². The molecule has 1 fully saturated rings. The predicted molar refractivity (Wildman–Crippen MR) is 93.6 cm³/mol. The monoisotopic (exact) mass is 321 g/mol. The number of pyridine rings is 1. The van der Waals surface area contributed by atoms with Crippen LogP contribution in [0.4, 0.5) is 5.82 Å². The van der Waals surface area contributed by atoms with Crippen LogP contribution in [0.1, 0.15) is 6.42 Å². The van der Waals surface area contributed by atoms with Crippen molar-refractivity contribution in [2.45, 2.75) is 6.42 Å². The Morgan fingerprint density at radius 3 is 2.92 bits per heavy atom. The summed E-state index contributed by atoms with van der Waals surface area (Å²) in [5, 5.41) is 12.4. The number of amides is 1. The van der Waals surface area contributed by atoms with Crippen molar-refractivity contribution >= 4 is 22.5 Å². The highest BCUT2D eigenvalue weighted by Gasteiger charge is 2.22. The predicted octanol–water partition coefficient (Wildman–Crippen LogP) is 2.18. The molecule has 0 saturated carbocycles. The fraction of sp³-hybridized carbons (Fsp3) is 0.278. The van der Waals surface area contributed by atoms with Gasteiger partial charge < -0.3 is 10.6 Å². The zero-order valence-corrected chi connectivity index (χ0v) is 13.5. The largest absolute Gasteiger partial charge is 0.316 e. The molecule has 1 aliphatic rings. The maximum absolute atomic E-state index is 12.2. The number of aryl methyl sites for hydroxylation is 1. The van der Waals surface area contributed by atoms with Gasteiger partial charge in [0.05, 0.1) is 12.1 Å². The van der Waals surface area contributed by atoms with Gasteiger partial charge in [-0.1, -0.05) is 12.1 Å². The van der Waals surface area contributed by atoms with Crippen molar-refractivity contribution in [3.8, 4) is 11.1 Å². The number of aromatic nitrogens is 3. The van der Waals surface area contributed by atoms with Gasteiger partial charge in [-0.3, -0.25) is 9.48 Å². The summed E-state index contributed by atoms with van der Waals surface area (Å²) < 4.78 is 1.79. The smallest absolute Gasteiger partial charge is 0.229 e. The Morgan fingerprint density at radius 1 is 1.25 bits per heavy atom. The molecule has 1 amide bonds. The average molecular weight is 321 g/mol. The molecule has 1 aliphatic heterocycles. The Morgan fingerprint density at radius 2 is 2.17 bits per heavy atom. The fourth-order valence-corrected chi connectivity index (χ4v) is 3.07. The summed E-state index contributed by atoms with van der Waals surface area (Å²) in [6.45, 7) is 1.64. The van der Waals surface area contributed by atoms with E-state index in [1.165, 1.54) is 0 Å². The van der Waals surface area contributed by atoms with Gasteiger partial charge in [-0.05, 0) is 36.0 Å². The van der Waals surface area contributed by atoms with Crippen molar-refractivity contribution in [2.75, 3.05) is 18.4 Å². The summed E-state index contributed by atoms with van der Waals surface area (Å²) in [7, 11) is 1.90.